The highest BCUT2D eigenvalue weighted by Crippen LogP contribution is 2.24. The van der Waals surface area contributed by atoms with E-state index < -0.39 is 0 Å². The van der Waals surface area contributed by atoms with Gasteiger partial charge in [-0.2, -0.15) is 0 Å². The predicted molar refractivity (Wildman–Crippen MR) is 60.1 cm³/mol. The number of phenolic OH excluding ortho intramolecular Hbond substituents is 1. The average molecular weight is 288 g/mol. The van der Waals surface area contributed by atoms with Gasteiger partial charge in [0.1, 0.15) is 5.75 Å². The second kappa shape index (κ2) is 4.41. The molecule has 1 aromatic carbocycles. The van der Waals surface area contributed by atoms with Gasteiger partial charge in [-0.3, -0.25) is 4.79 Å². The lowest BCUT2D eigenvalue weighted by molar-refractivity contribution is 0.112. The van der Waals surface area contributed by atoms with E-state index in [1.54, 1.807) is 12.1 Å². The summed E-state index contributed by atoms with van der Waals surface area (Å²) >= 11 is 2.11. The molecule has 0 unspecified atom stereocenters. The molecule has 0 bridgehead atoms. The first-order valence-electron chi connectivity index (χ1n) is 3.76. The maximum Gasteiger partial charge on any atom is 0.153 e. The van der Waals surface area contributed by atoms with E-state index in [9.17, 15) is 9.90 Å². The number of carbonyl (C=O) groups is 1. The lowest BCUT2D eigenvalue weighted by Gasteiger charge is -2.04. The second-order valence-electron chi connectivity index (χ2n) is 2.61. The number of rotatable bonds is 3. The van der Waals surface area contributed by atoms with Gasteiger partial charge in [0.2, 0.25) is 0 Å². The molecule has 0 aliphatic carbocycles. The Labute approximate surface area is 90.4 Å². The third-order valence-electron chi connectivity index (χ3n) is 1.67. The fourth-order valence-corrected chi connectivity index (χ4v) is 1.79. The highest BCUT2D eigenvalue weighted by atomic mass is 127. The molecule has 0 saturated carbocycles. The number of aromatic hydroxyl groups is 1. The van der Waals surface area contributed by atoms with Crippen molar-refractivity contribution >= 4 is 28.9 Å². The number of aldehydes is 1. The average Bonchev–Trinajstić information content (AvgIpc) is 2.11. The number of allylic oxidation sites excluding steroid dienone is 1. The summed E-state index contributed by atoms with van der Waals surface area (Å²) in [6.07, 6.45) is 2.92. The number of benzene rings is 1. The van der Waals surface area contributed by atoms with Gasteiger partial charge in [-0.1, -0.05) is 6.08 Å². The summed E-state index contributed by atoms with van der Waals surface area (Å²) in [6, 6.07) is 3.49. The minimum absolute atomic E-state index is 0.0651. The third kappa shape index (κ3) is 2.30. The molecule has 0 saturated heterocycles. The molecule has 1 rings (SSSR count). The fraction of sp³-hybridized carbons (Fsp3) is 0.100. The lowest BCUT2D eigenvalue weighted by atomic mass is 10.1. The smallest absolute Gasteiger partial charge is 0.153 e. The SMILES string of the molecule is C=CCc1cc(I)cc(C=O)c1O. The number of hydrogen-bond acceptors (Lipinski definition) is 2. The maximum absolute atomic E-state index is 10.5. The van der Waals surface area contributed by atoms with Crippen LogP contribution in [0.1, 0.15) is 15.9 Å². The van der Waals surface area contributed by atoms with Gasteiger partial charge in [-0.05, 0) is 46.7 Å². The van der Waals surface area contributed by atoms with Crippen LogP contribution in [0, 0.1) is 3.57 Å². The van der Waals surface area contributed by atoms with E-state index in [4.69, 9.17) is 0 Å². The van der Waals surface area contributed by atoms with Gasteiger partial charge < -0.3 is 5.11 Å². The molecule has 0 spiro atoms. The Hall–Kier alpha value is -0.840. The Balaban J connectivity index is 3.25. The van der Waals surface area contributed by atoms with Crippen LogP contribution < -0.4 is 0 Å². The quantitative estimate of drug-likeness (QED) is 0.527. The first kappa shape index (κ1) is 10.2. The first-order chi connectivity index (χ1) is 6.19. The van der Waals surface area contributed by atoms with Gasteiger partial charge in [-0.25, -0.2) is 0 Å². The van der Waals surface area contributed by atoms with E-state index in [0.29, 0.717) is 18.3 Å². The summed E-state index contributed by atoms with van der Waals surface area (Å²) in [4.78, 5) is 10.5. The molecule has 0 aromatic heterocycles. The molecule has 68 valence electrons. The molecule has 2 nitrogen and oxygen atoms in total. The van der Waals surface area contributed by atoms with Crippen LogP contribution in [-0.4, -0.2) is 11.4 Å². The molecule has 0 fully saturated rings. The van der Waals surface area contributed by atoms with Gasteiger partial charge >= 0.3 is 0 Å². The Bertz CT molecular complexity index is 345. The zero-order valence-corrected chi connectivity index (χ0v) is 9.11. The molecule has 0 radical (unpaired) electrons. The summed E-state index contributed by atoms with van der Waals surface area (Å²) < 4.78 is 0.939. The number of halogens is 1. The highest BCUT2D eigenvalue weighted by molar-refractivity contribution is 14.1. The van der Waals surface area contributed by atoms with Crippen LogP contribution in [0.25, 0.3) is 0 Å². The van der Waals surface area contributed by atoms with Gasteiger partial charge in [0, 0.05) is 3.57 Å². The van der Waals surface area contributed by atoms with E-state index in [-0.39, 0.29) is 5.75 Å². The molecular weight excluding hydrogens is 279 g/mol. The molecule has 0 aliphatic rings. The molecule has 1 N–H and O–H groups in total. The molecule has 0 amide bonds. The molecule has 3 heteroatoms. The number of carbonyl (C=O) groups excluding carboxylic acids is 1. The lowest BCUT2D eigenvalue weighted by Crippen LogP contribution is -1.90. The van der Waals surface area contributed by atoms with Crippen molar-refractivity contribution in [2.75, 3.05) is 0 Å². The number of phenols is 1. The van der Waals surface area contributed by atoms with Crippen LogP contribution >= 0.6 is 22.6 Å². The van der Waals surface area contributed by atoms with Crippen molar-refractivity contribution in [1.29, 1.82) is 0 Å². The summed E-state index contributed by atoms with van der Waals surface area (Å²) in [5.74, 6) is 0.0651. The van der Waals surface area contributed by atoms with E-state index in [1.165, 1.54) is 0 Å². The molecule has 0 atom stereocenters. The zero-order chi connectivity index (χ0) is 9.84. The van der Waals surface area contributed by atoms with E-state index >= 15 is 0 Å². The van der Waals surface area contributed by atoms with Crippen molar-refractivity contribution in [2.24, 2.45) is 0 Å². The van der Waals surface area contributed by atoms with Gasteiger partial charge in [0.15, 0.2) is 6.29 Å². The van der Waals surface area contributed by atoms with Crippen molar-refractivity contribution in [3.05, 3.63) is 39.5 Å². The minimum atomic E-state index is 0.0651. The van der Waals surface area contributed by atoms with Crippen molar-refractivity contribution in [2.45, 2.75) is 6.42 Å². The maximum atomic E-state index is 10.5. The van der Waals surface area contributed by atoms with E-state index in [1.807, 2.05) is 6.07 Å². The van der Waals surface area contributed by atoms with Gasteiger partial charge in [-0.15, -0.1) is 6.58 Å². The number of hydrogen-bond donors (Lipinski definition) is 1. The third-order valence-corrected chi connectivity index (χ3v) is 2.30. The largest absolute Gasteiger partial charge is 0.507 e. The van der Waals surface area contributed by atoms with Crippen molar-refractivity contribution in [3.8, 4) is 5.75 Å². The summed E-state index contributed by atoms with van der Waals surface area (Å²) in [5.41, 5.74) is 1.08. The van der Waals surface area contributed by atoms with Gasteiger partial charge in [0.05, 0.1) is 5.56 Å². The zero-order valence-electron chi connectivity index (χ0n) is 6.96. The van der Waals surface area contributed by atoms with Crippen LogP contribution in [0.2, 0.25) is 0 Å². The minimum Gasteiger partial charge on any atom is -0.507 e. The molecule has 13 heavy (non-hydrogen) atoms. The van der Waals surface area contributed by atoms with Crippen LogP contribution in [0.15, 0.2) is 24.8 Å². The molecular formula is C10H9IO2. The van der Waals surface area contributed by atoms with Crippen molar-refractivity contribution in [3.63, 3.8) is 0 Å². The predicted octanol–water partition coefficient (Wildman–Crippen LogP) is 2.54. The van der Waals surface area contributed by atoms with Crippen LogP contribution in [0.5, 0.6) is 5.75 Å². The molecule has 0 aliphatic heterocycles. The van der Waals surface area contributed by atoms with Crippen LogP contribution in [-0.2, 0) is 6.42 Å². The topological polar surface area (TPSA) is 37.3 Å². The van der Waals surface area contributed by atoms with Crippen LogP contribution in [0.4, 0.5) is 0 Å². The Kier molecular flexibility index (Phi) is 3.48. The Morgan fingerprint density at radius 2 is 2.23 bits per heavy atom. The summed E-state index contributed by atoms with van der Waals surface area (Å²) in [7, 11) is 0. The van der Waals surface area contributed by atoms with Crippen LogP contribution in [0.3, 0.4) is 0 Å². The standard InChI is InChI=1S/C10H9IO2/c1-2-3-7-4-9(11)5-8(6-12)10(7)13/h2,4-6,13H,1,3H2. The normalized spacial score (nSPS) is 9.62. The summed E-state index contributed by atoms with van der Waals surface area (Å²) in [5, 5.41) is 9.56. The molecule has 0 heterocycles. The van der Waals surface area contributed by atoms with E-state index in [2.05, 4.69) is 29.2 Å². The second-order valence-corrected chi connectivity index (χ2v) is 3.86. The van der Waals surface area contributed by atoms with E-state index in [0.717, 1.165) is 9.13 Å². The Morgan fingerprint density at radius 3 is 2.77 bits per heavy atom. The first-order valence-corrected chi connectivity index (χ1v) is 4.84. The molecule has 1 aromatic rings. The van der Waals surface area contributed by atoms with Gasteiger partial charge in [0.25, 0.3) is 0 Å². The monoisotopic (exact) mass is 288 g/mol. The summed E-state index contributed by atoms with van der Waals surface area (Å²) in [6.45, 7) is 3.58. The highest BCUT2D eigenvalue weighted by Gasteiger charge is 2.06. The van der Waals surface area contributed by atoms with Crippen molar-refractivity contribution in [1.82, 2.24) is 0 Å². The van der Waals surface area contributed by atoms with Crippen molar-refractivity contribution < 1.29 is 9.90 Å². The Morgan fingerprint density at radius 1 is 1.54 bits per heavy atom. The fourth-order valence-electron chi connectivity index (χ4n) is 1.08.